The Morgan fingerprint density at radius 3 is 2.95 bits per heavy atom. The highest BCUT2D eigenvalue weighted by Gasteiger charge is 2.22. The molecule has 1 amide bonds. The summed E-state index contributed by atoms with van der Waals surface area (Å²) >= 11 is 0. The van der Waals surface area contributed by atoms with Crippen molar-refractivity contribution in [1.82, 2.24) is 5.32 Å². The third-order valence-corrected chi connectivity index (χ3v) is 3.13. The van der Waals surface area contributed by atoms with Gasteiger partial charge in [-0.25, -0.2) is 0 Å². The van der Waals surface area contributed by atoms with Gasteiger partial charge in [-0.3, -0.25) is 4.79 Å². The van der Waals surface area contributed by atoms with Gasteiger partial charge in [0, 0.05) is 18.5 Å². The summed E-state index contributed by atoms with van der Waals surface area (Å²) < 4.78 is 0. The number of aliphatic hydroxyl groups is 1. The number of aliphatic hydroxyl groups excluding tert-OH is 1. The minimum atomic E-state index is -0.0519. The Labute approximate surface area is 114 Å². The van der Waals surface area contributed by atoms with Gasteiger partial charge in [0.2, 0.25) is 0 Å². The van der Waals surface area contributed by atoms with Crippen LogP contribution in [-0.2, 0) is 0 Å². The van der Waals surface area contributed by atoms with Gasteiger partial charge in [0.15, 0.2) is 0 Å². The van der Waals surface area contributed by atoms with Crippen LogP contribution >= 0.6 is 0 Å². The van der Waals surface area contributed by atoms with Crippen molar-refractivity contribution in [3.63, 3.8) is 0 Å². The number of aryl methyl sites for hydroxylation is 1. The Morgan fingerprint density at radius 1 is 1.47 bits per heavy atom. The average molecular weight is 257 g/mol. The van der Waals surface area contributed by atoms with Crippen molar-refractivity contribution in [3.05, 3.63) is 34.9 Å². The molecule has 0 unspecified atom stereocenters. The Morgan fingerprint density at radius 2 is 2.26 bits per heavy atom. The van der Waals surface area contributed by atoms with Crippen LogP contribution in [0.3, 0.4) is 0 Å². The van der Waals surface area contributed by atoms with Crippen LogP contribution in [0.5, 0.6) is 0 Å². The number of hydrogen-bond donors (Lipinski definition) is 2. The van der Waals surface area contributed by atoms with Crippen LogP contribution in [0.15, 0.2) is 18.2 Å². The molecular formula is C16H19NO2. The van der Waals surface area contributed by atoms with Crippen LogP contribution in [0.4, 0.5) is 0 Å². The average Bonchev–Trinajstić information content (AvgIpc) is 3.22. The van der Waals surface area contributed by atoms with E-state index in [0.717, 1.165) is 17.7 Å². The van der Waals surface area contributed by atoms with E-state index >= 15 is 0 Å². The molecule has 19 heavy (non-hydrogen) atoms. The predicted octanol–water partition coefficient (Wildman–Crippen LogP) is 1.87. The van der Waals surface area contributed by atoms with Gasteiger partial charge in [0.1, 0.15) is 0 Å². The second-order valence-corrected chi connectivity index (χ2v) is 4.98. The van der Waals surface area contributed by atoms with E-state index in [1.54, 1.807) is 0 Å². The molecule has 2 N–H and O–H groups in total. The normalized spacial score (nSPS) is 13.6. The summed E-state index contributed by atoms with van der Waals surface area (Å²) in [6, 6.07) is 5.68. The SMILES string of the molecule is Cc1ccc(C#CCCO)c(C(=O)NCC2CC2)c1. The molecule has 1 aromatic carbocycles. The van der Waals surface area contributed by atoms with E-state index in [9.17, 15) is 4.79 Å². The molecule has 3 heteroatoms. The fourth-order valence-corrected chi connectivity index (χ4v) is 1.82. The summed E-state index contributed by atoms with van der Waals surface area (Å²) in [6.45, 7) is 2.76. The highest BCUT2D eigenvalue weighted by Crippen LogP contribution is 2.27. The molecule has 0 radical (unpaired) electrons. The van der Waals surface area contributed by atoms with Crippen molar-refractivity contribution in [3.8, 4) is 11.8 Å². The molecule has 1 aliphatic rings. The summed E-state index contributed by atoms with van der Waals surface area (Å²) in [5.74, 6) is 6.43. The number of nitrogens with one attached hydrogen (secondary N) is 1. The Balaban J connectivity index is 2.13. The summed E-state index contributed by atoms with van der Waals surface area (Å²) in [6.07, 6.45) is 2.87. The lowest BCUT2D eigenvalue weighted by Crippen LogP contribution is -2.26. The molecule has 0 aromatic heterocycles. The monoisotopic (exact) mass is 257 g/mol. The van der Waals surface area contributed by atoms with Gasteiger partial charge in [-0.2, -0.15) is 0 Å². The van der Waals surface area contributed by atoms with E-state index in [4.69, 9.17) is 5.11 Å². The fourth-order valence-electron chi connectivity index (χ4n) is 1.82. The summed E-state index contributed by atoms with van der Waals surface area (Å²) in [7, 11) is 0. The van der Waals surface area contributed by atoms with Crippen molar-refractivity contribution in [2.45, 2.75) is 26.2 Å². The van der Waals surface area contributed by atoms with Gasteiger partial charge >= 0.3 is 0 Å². The third kappa shape index (κ3) is 4.11. The van der Waals surface area contributed by atoms with Crippen LogP contribution in [0.2, 0.25) is 0 Å². The molecule has 0 bridgehead atoms. The first-order chi connectivity index (χ1) is 9.20. The third-order valence-electron chi connectivity index (χ3n) is 3.13. The molecular weight excluding hydrogens is 238 g/mol. The summed E-state index contributed by atoms with van der Waals surface area (Å²) in [5, 5.41) is 11.7. The Hall–Kier alpha value is -1.79. The van der Waals surface area contributed by atoms with E-state index in [0.29, 0.717) is 17.9 Å². The molecule has 100 valence electrons. The van der Waals surface area contributed by atoms with Gasteiger partial charge in [-0.1, -0.05) is 23.5 Å². The van der Waals surface area contributed by atoms with E-state index in [1.807, 2.05) is 25.1 Å². The molecule has 3 nitrogen and oxygen atoms in total. The molecule has 0 atom stereocenters. The second kappa shape index (κ2) is 6.40. The number of carbonyl (C=O) groups is 1. The van der Waals surface area contributed by atoms with E-state index < -0.39 is 0 Å². The first-order valence-corrected chi connectivity index (χ1v) is 6.69. The second-order valence-electron chi connectivity index (χ2n) is 4.98. The number of hydrogen-bond acceptors (Lipinski definition) is 2. The number of amides is 1. The van der Waals surface area contributed by atoms with E-state index in [-0.39, 0.29) is 12.5 Å². The highest BCUT2D eigenvalue weighted by atomic mass is 16.2. The number of benzene rings is 1. The lowest BCUT2D eigenvalue weighted by atomic mass is 10.0. The van der Waals surface area contributed by atoms with Crippen LogP contribution in [0.1, 0.15) is 40.7 Å². The first-order valence-electron chi connectivity index (χ1n) is 6.69. The first kappa shape index (κ1) is 13.6. The van der Waals surface area contributed by atoms with Gasteiger partial charge in [0.05, 0.1) is 12.2 Å². The summed E-state index contributed by atoms with van der Waals surface area (Å²) in [4.78, 5) is 12.2. The highest BCUT2D eigenvalue weighted by molar-refractivity contribution is 5.97. The minimum absolute atomic E-state index is 0.0437. The zero-order chi connectivity index (χ0) is 13.7. The van der Waals surface area contributed by atoms with Gasteiger partial charge in [-0.15, -0.1) is 0 Å². The van der Waals surface area contributed by atoms with Crippen molar-refractivity contribution in [1.29, 1.82) is 0 Å². The van der Waals surface area contributed by atoms with E-state index in [2.05, 4.69) is 17.2 Å². The molecule has 1 aliphatic carbocycles. The zero-order valence-electron chi connectivity index (χ0n) is 11.2. The quantitative estimate of drug-likeness (QED) is 0.809. The molecule has 0 aliphatic heterocycles. The summed E-state index contributed by atoms with van der Waals surface area (Å²) in [5.41, 5.74) is 2.41. The van der Waals surface area contributed by atoms with Crippen molar-refractivity contribution < 1.29 is 9.90 Å². The minimum Gasteiger partial charge on any atom is -0.395 e. The molecule has 0 saturated heterocycles. The van der Waals surface area contributed by atoms with Crippen LogP contribution in [0, 0.1) is 24.7 Å². The molecule has 1 fully saturated rings. The largest absolute Gasteiger partial charge is 0.395 e. The lowest BCUT2D eigenvalue weighted by Gasteiger charge is -2.07. The standard InChI is InChI=1S/C16H19NO2/c1-12-5-8-14(4-2-3-9-18)15(10-12)16(19)17-11-13-6-7-13/h5,8,10,13,18H,3,6-7,9,11H2,1H3,(H,17,19). The van der Waals surface area contributed by atoms with Crippen molar-refractivity contribution in [2.24, 2.45) is 5.92 Å². The molecule has 1 aromatic rings. The molecule has 2 rings (SSSR count). The molecule has 0 heterocycles. The number of carbonyl (C=O) groups excluding carboxylic acids is 1. The Bertz CT molecular complexity index is 521. The van der Waals surface area contributed by atoms with Crippen molar-refractivity contribution >= 4 is 5.91 Å². The maximum atomic E-state index is 12.2. The number of rotatable bonds is 4. The zero-order valence-corrected chi connectivity index (χ0v) is 11.2. The fraction of sp³-hybridized carbons (Fsp3) is 0.438. The van der Waals surface area contributed by atoms with Gasteiger partial charge in [0.25, 0.3) is 5.91 Å². The maximum absolute atomic E-state index is 12.2. The lowest BCUT2D eigenvalue weighted by molar-refractivity contribution is 0.0951. The maximum Gasteiger partial charge on any atom is 0.252 e. The van der Waals surface area contributed by atoms with E-state index in [1.165, 1.54) is 12.8 Å². The van der Waals surface area contributed by atoms with Gasteiger partial charge < -0.3 is 10.4 Å². The smallest absolute Gasteiger partial charge is 0.252 e. The van der Waals surface area contributed by atoms with Gasteiger partial charge in [-0.05, 0) is 37.8 Å². The molecule has 0 spiro atoms. The van der Waals surface area contributed by atoms with Crippen LogP contribution < -0.4 is 5.32 Å². The van der Waals surface area contributed by atoms with Crippen molar-refractivity contribution in [2.75, 3.05) is 13.2 Å². The topological polar surface area (TPSA) is 49.3 Å². The van der Waals surface area contributed by atoms with Crippen LogP contribution in [0.25, 0.3) is 0 Å². The van der Waals surface area contributed by atoms with Crippen LogP contribution in [-0.4, -0.2) is 24.2 Å². The molecule has 1 saturated carbocycles. The Kier molecular flexibility index (Phi) is 4.59. The predicted molar refractivity (Wildman–Crippen MR) is 74.8 cm³/mol.